The smallest absolute Gasteiger partial charge is 0.317 e. The second-order valence-corrected chi connectivity index (χ2v) is 4.60. The number of hydrogen-bond acceptors (Lipinski definition) is 2. The lowest BCUT2D eigenvalue weighted by Crippen LogP contribution is -2.45. The third-order valence-corrected chi connectivity index (χ3v) is 3.14. The molecule has 2 N–H and O–H groups in total. The quantitative estimate of drug-likeness (QED) is 0.841. The average molecular weight is 234 g/mol. The number of hydrogen-bond donors (Lipinski definition) is 2. The third kappa shape index (κ3) is 3.12. The molecule has 0 atom stereocenters. The van der Waals surface area contributed by atoms with Crippen molar-refractivity contribution >= 4 is 6.03 Å². The summed E-state index contributed by atoms with van der Waals surface area (Å²) in [4.78, 5) is 13.4. The minimum atomic E-state index is -0.0252. The van der Waals surface area contributed by atoms with Crippen LogP contribution in [0.3, 0.4) is 0 Å². The fourth-order valence-corrected chi connectivity index (χ4v) is 1.78. The summed E-state index contributed by atoms with van der Waals surface area (Å²) in [5.74, 6) is 0.246. The van der Waals surface area contributed by atoms with Crippen LogP contribution in [-0.4, -0.2) is 29.1 Å². The number of aromatic hydroxyl groups is 1. The van der Waals surface area contributed by atoms with Crippen molar-refractivity contribution in [1.29, 1.82) is 0 Å². The Hall–Kier alpha value is -1.71. The molecule has 0 radical (unpaired) electrons. The molecule has 1 aliphatic rings. The molecule has 0 aromatic heterocycles. The van der Waals surface area contributed by atoms with E-state index in [2.05, 4.69) is 5.32 Å². The van der Waals surface area contributed by atoms with Gasteiger partial charge in [-0.25, -0.2) is 4.79 Å². The van der Waals surface area contributed by atoms with Gasteiger partial charge in [0.25, 0.3) is 0 Å². The van der Waals surface area contributed by atoms with Crippen molar-refractivity contribution in [3.63, 3.8) is 0 Å². The first-order valence-electron chi connectivity index (χ1n) is 5.94. The van der Waals surface area contributed by atoms with Crippen LogP contribution in [-0.2, 0) is 6.54 Å². The standard InChI is InChI=1S/C13H18N2O2/c1-15(13(17)14-11-3-2-4-11)9-10-5-7-12(16)8-6-10/h5-8,11,16H,2-4,9H2,1H3,(H,14,17). The van der Waals surface area contributed by atoms with E-state index in [0.29, 0.717) is 12.6 Å². The minimum absolute atomic E-state index is 0.0252. The van der Waals surface area contributed by atoms with Crippen LogP contribution in [0.4, 0.5) is 4.79 Å². The Balaban J connectivity index is 1.84. The Kier molecular flexibility index (Phi) is 3.52. The van der Waals surface area contributed by atoms with Crippen LogP contribution in [0, 0.1) is 0 Å². The Labute approximate surface area is 101 Å². The Bertz CT molecular complexity index is 385. The summed E-state index contributed by atoms with van der Waals surface area (Å²) < 4.78 is 0. The zero-order chi connectivity index (χ0) is 12.3. The molecule has 17 heavy (non-hydrogen) atoms. The summed E-state index contributed by atoms with van der Waals surface area (Å²) in [5, 5.41) is 12.2. The molecule has 0 heterocycles. The summed E-state index contributed by atoms with van der Waals surface area (Å²) in [6.45, 7) is 0.554. The van der Waals surface area contributed by atoms with Crippen LogP contribution >= 0.6 is 0 Å². The van der Waals surface area contributed by atoms with Gasteiger partial charge in [0.1, 0.15) is 5.75 Å². The van der Waals surface area contributed by atoms with Crippen LogP contribution in [0.25, 0.3) is 0 Å². The number of urea groups is 1. The van der Waals surface area contributed by atoms with E-state index in [0.717, 1.165) is 18.4 Å². The van der Waals surface area contributed by atoms with Gasteiger partial charge >= 0.3 is 6.03 Å². The zero-order valence-corrected chi connectivity index (χ0v) is 10.0. The number of nitrogens with one attached hydrogen (secondary N) is 1. The second-order valence-electron chi connectivity index (χ2n) is 4.60. The molecular formula is C13H18N2O2. The number of rotatable bonds is 3. The predicted molar refractivity (Wildman–Crippen MR) is 65.7 cm³/mol. The van der Waals surface area contributed by atoms with Crippen LogP contribution in [0.1, 0.15) is 24.8 Å². The molecule has 2 amide bonds. The molecule has 0 unspecified atom stereocenters. The van der Waals surface area contributed by atoms with Gasteiger partial charge in [0.2, 0.25) is 0 Å². The maximum atomic E-state index is 11.8. The number of benzene rings is 1. The number of carbonyl (C=O) groups is 1. The van der Waals surface area contributed by atoms with E-state index < -0.39 is 0 Å². The van der Waals surface area contributed by atoms with E-state index >= 15 is 0 Å². The number of phenols is 1. The maximum Gasteiger partial charge on any atom is 0.317 e. The van der Waals surface area contributed by atoms with E-state index in [9.17, 15) is 4.79 Å². The highest BCUT2D eigenvalue weighted by atomic mass is 16.3. The van der Waals surface area contributed by atoms with Gasteiger partial charge < -0.3 is 15.3 Å². The van der Waals surface area contributed by atoms with Gasteiger partial charge in [-0.2, -0.15) is 0 Å². The van der Waals surface area contributed by atoms with Crippen LogP contribution < -0.4 is 5.32 Å². The zero-order valence-electron chi connectivity index (χ0n) is 10.0. The summed E-state index contributed by atoms with van der Waals surface area (Å²) in [7, 11) is 1.78. The molecule has 0 saturated heterocycles. The van der Waals surface area contributed by atoms with Gasteiger partial charge in [0.05, 0.1) is 0 Å². The van der Waals surface area contributed by atoms with Gasteiger partial charge in [-0.1, -0.05) is 12.1 Å². The number of carbonyl (C=O) groups excluding carboxylic acids is 1. The molecule has 0 spiro atoms. The SMILES string of the molecule is CN(Cc1ccc(O)cc1)C(=O)NC1CCC1. The molecule has 92 valence electrons. The first-order valence-corrected chi connectivity index (χ1v) is 5.94. The highest BCUT2D eigenvalue weighted by Gasteiger charge is 2.20. The van der Waals surface area contributed by atoms with Gasteiger partial charge in [-0.05, 0) is 37.0 Å². The first kappa shape index (κ1) is 11.8. The molecule has 1 fully saturated rings. The molecular weight excluding hydrogens is 216 g/mol. The van der Waals surface area contributed by atoms with E-state index in [1.54, 1.807) is 24.1 Å². The predicted octanol–water partition coefficient (Wildman–Crippen LogP) is 2.09. The summed E-state index contributed by atoms with van der Waals surface area (Å²) in [6, 6.07) is 7.25. The van der Waals surface area contributed by atoms with Crippen LogP contribution in [0.15, 0.2) is 24.3 Å². The maximum absolute atomic E-state index is 11.8. The molecule has 1 aromatic rings. The molecule has 1 saturated carbocycles. The van der Waals surface area contributed by atoms with Crippen molar-refractivity contribution in [2.75, 3.05) is 7.05 Å². The van der Waals surface area contributed by atoms with E-state index in [4.69, 9.17) is 5.11 Å². The van der Waals surface area contributed by atoms with Gasteiger partial charge in [-0.15, -0.1) is 0 Å². The monoisotopic (exact) mass is 234 g/mol. The number of amides is 2. The van der Waals surface area contributed by atoms with Gasteiger partial charge in [-0.3, -0.25) is 0 Å². The molecule has 2 rings (SSSR count). The highest BCUT2D eigenvalue weighted by Crippen LogP contribution is 2.18. The number of nitrogens with zero attached hydrogens (tertiary/aromatic N) is 1. The Morgan fingerprint density at radius 2 is 2.06 bits per heavy atom. The third-order valence-electron chi connectivity index (χ3n) is 3.14. The van der Waals surface area contributed by atoms with Crippen molar-refractivity contribution in [2.24, 2.45) is 0 Å². The normalized spacial score (nSPS) is 15.1. The fourth-order valence-electron chi connectivity index (χ4n) is 1.78. The van der Waals surface area contributed by atoms with E-state index in [-0.39, 0.29) is 11.8 Å². The molecule has 4 heteroatoms. The molecule has 0 aliphatic heterocycles. The minimum Gasteiger partial charge on any atom is -0.508 e. The average Bonchev–Trinajstić information content (AvgIpc) is 2.26. The van der Waals surface area contributed by atoms with Crippen molar-refractivity contribution in [1.82, 2.24) is 10.2 Å². The second kappa shape index (κ2) is 5.08. The van der Waals surface area contributed by atoms with Crippen LogP contribution in [0.5, 0.6) is 5.75 Å². The number of phenolic OH excluding ortho intramolecular Hbond substituents is 1. The lowest BCUT2D eigenvalue weighted by atomic mass is 9.93. The lowest BCUT2D eigenvalue weighted by molar-refractivity contribution is 0.195. The van der Waals surface area contributed by atoms with Gasteiger partial charge in [0, 0.05) is 19.6 Å². The lowest BCUT2D eigenvalue weighted by Gasteiger charge is -2.29. The van der Waals surface area contributed by atoms with Crippen molar-refractivity contribution in [3.05, 3.63) is 29.8 Å². The molecule has 1 aliphatic carbocycles. The highest BCUT2D eigenvalue weighted by molar-refractivity contribution is 5.74. The van der Waals surface area contributed by atoms with Gasteiger partial charge in [0.15, 0.2) is 0 Å². The first-order chi connectivity index (χ1) is 8.15. The van der Waals surface area contributed by atoms with E-state index in [1.165, 1.54) is 6.42 Å². The van der Waals surface area contributed by atoms with Crippen molar-refractivity contribution in [3.8, 4) is 5.75 Å². The summed E-state index contributed by atoms with van der Waals surface area (Å²) in [5.41, 5.74) is 1.01. The van der Waals surface area contributed by atoms with Crippen molar-refractivity contribution < 1.29 is 9.90 Å². The fraction of sp³-hybridized carbons (Fsp3) is 0.462. The Morgan fingerprint density at radius 1 is 1.41 bits per heavy atom. The topological polar surface area (TPSA) is 52.6 Å². The Morgan fingerprint density at radius 3 is 2.59 bits per heavy atom. The summed E-state index contributed by atoms with van der Waals surface area (Å²) >= 11 is 0. The summed E-state index contributed by atoms with van der Waals surface area (Å²) in [6.07, 6.45) is 3.41. The molecule has 1 aromatic carbocycles. The molecule has 4 nitrogen and oxygen atoms in total. The largest absolute Gasteiger partial charge is 0.508 e. The molecule has 0 bridgehead atoms. The van der Waals surface area contributed by atoms with Crippen LogP contribution in [0.2, 0.25) is 0 Å². The van der Waals surface area contributed by atoms with Crippen molar-refractivity contribution in [2.45, 2.75) is 31.8 Å². The van der Waals surface area contributed by atoms with E-state index in [1.807, 2.05) is 12.1 Å².